The van der Waals surface area contributed by atoms with E-state index in [9.17, 15) is 17.6 Å². The third-order valence-electron chi connectivity index (χ3n) is 2.69. The van der Waals surface area contributed by atoms with Crippen molar-refractivity contribution in [3.8, 4) is 11.1 Å². The van der Waals surface area contributed by atoms with Crippen LogP contribution in [0.2, 0.25) is 0 Å². The van der Waals surface area contributed by atoms with Crippen LogP contribution in [0.25, 0.3) is 11.1 Å². The Kier molecular flexibility index (Phi) is 3.71. The van der Waals surface area contributed by atoms with Gasteiger partial charge in [-0.25, -0.2) is 14.4 Å². The Labute approximate surface area is 112 Å². The molecule has 0 radical (unpaired) electrons. The van der Waals surface area contributed by atoms with E-state index in [4.69, 9.17) is 5.73 Å². The lowest BCUT2D eigenvalue weighted by molar-refractivity contribution is -0.139. The van der Waals surface area contributed by atoms with Gasteiger partial charge in [0.1, 0.15) is 11.6 Å². The SMILES string of the molecule is CC(N)c1ncc(-c2cccc(C(F)(F)F)c2F)cn1. The molecular formula is C13H11F4N3. The second kappa shape index (κ2) is 5.16. The zero-order valence-corrected chi connectivity index (χ0v) is 10.4. The van der Waals surface area contributed by atoms with Gasteiger partial charge in [0.15, 0.2) is 0 Å². The van der Waals surface area contributed by atoms with Crippen molar-refractivity contribution < 1.29 is 17.6 Å². The Morgan fingerprint density at radius 3 is 2.25 bits per heavy atom. The molecule has 0 amide bonds. The van der Waals surface area contributed by atoms with Crippen LogP contribution >= 0.6 is 0 Å². The number of hydrogen-bond donors (Lipinski definition) is 1. The minimum Gasteiger partial charge on any atom is -0.322 e. The van der Waals surface area contributed by atoms with Crippen molar-refractivity contribution in [3.63, 3.8) is 0 Å². The number of hydrogen-bond acceptors (Lipinski definition) is 3. The van der Waals surface area contributed by atoms with Crippen LogP contribution < -0.4 is 5.73 Å². The fourth-order valence-corrected chi connectivity index (χ4v) is 1.69. The van der Waals surface area contributed by atoms with Gasteiger partial charge in [0.25, 0.3) is 0 Å². The van der Waals surface area contributed by atoms with Crippen LogP contribution in [0, 0.1) is 5.82 Å². The molecule has 2 N–H and O–H groups in total. The van der Waals surface area contributed by atoms with Crippen molar-refractivity contribution in [2.75, 3.05) is 0 Å². The molecule has 106 valence electrons. The number of nitrogens with zero attached hydrogens (tertiary/aromatic N) is 2. The summed E-state index contributed by atoms with van der Waals surface area (Å²) in [5.41, 5.74) is 4.22. The fraction of sp³-hybridized carbons (Fsp3) is 0.231. The maximum Gasteiger partial charge on any atom is 0.419 e. The summed E-state index contributed by atoms with van der Waals surface area (Å²) in [7, 11) is 0. The summed E-state index contributed by atoms with van der Waals surface area (Å²) in [6.45, 7) is 1.67. The van der Waals surface area contributed by atoms with E-state index in [1.165, 1.54) is 18.5 Å². The van der Waals surface area contributed by atoms with Gasteiger partial charge >= 0.3 is 6.18 Å². The average Bonchev–Trinajstić information content (AvgIpc) is 2.37. The summed E-state index contributed by atoms with van der Waals surface area (Å²) in [4.78, 5) is 7.81. The van der Waals surface area contributed by atoms with E-state index in [1.807, 2.05) is 0 Å². The molecule has 7 heteroatoms. The summed E-state index contributed by atoms with van der Waals surface area (Å²) in [5.74, 6) is -1.00. The van der Waals surface area contributed by atoms with E-state index in [2.05, 4.69) is 9.97 Å². The van der Waals surface area contributed by atoms with E-state index < -0.39 is 23.6 Å². The third-order valence-corrected chi connectivity index (χ3v) is 2.69. The fourth-order valence-electron chi connectivity index (χ4n) is 1.69. The van der Waals surface area contributed by atoms with Gasteiger partial charge in [0, 0.05) is 23.5 Å². The molecule has 0 saturated heterocycles. The quantitative estimate of drug-likeness (QED) is 0.861. The first kappa shape index (κ1) is 14.4. The van der Waals surface area contributed by atoms with Gasteiger partial charge < -0.3 is 5.73 Å². The van der Waals surface area contributed by atoms with Gasteiger partial charge in [-0.15, -0.1) is 0 Å². The van der Waals surface area contributed by atoms with Crippen LogP contribution in [0.4, 0.5) is 17.6 Å². The molecule has 2 rings (SSSR count). The molecular weight excluding hydrogens is 274 g/mol. The van der Waals surface area contributed by atoms with Crippen molar-refractivity contribution in [1.29, 1.82) is 0 Å². The number of benzene rings is 1. The van der Waals surface area contributed by atoms with Gasteiger partial charge in [-0.05, 0) is 13.0 Å². The number of alkyl halides is 3. The van der Waals surface area contributed by atoms with Gasteiger partial charge in [0.05, 0.1) is 11.6 Å². The predicted molar refractivity (Wildman–Crippen MR) is 65.0 cm³/mol. The van der Waals surface area contributed by atoms with E-state index in [0.717, 1.165) is 6.07 Å². The molecule has 0 fully saturated rings. The highest BCUT2D eigenvalue weighted by molar-refractivity contribution is 5.63. The molecule has 2 aromatic rings. The molecule has 0 aliphatic heterocycles. The van der Waals surface area contributed by atoms with Crippen molar-refractivity contribution in [2.24, 2.45) is 5.73 Å². The normalized spacial score (nSPS) is 13.3. The first-order valence-electron chi connectivity index (χ1n) is 5.74. The van der Waals surface area contributed by atoms with Crippen molar-refractivity contribution in [3.05, 3.63) is 47.8 Å². The standard InChI is InChI=1S/C13H11F4N3/c1-7(18)12-19-5-8(6-20-12)9-3-2-4-10(11(9)14)13(15,16)17/h2-7H,18H2,1H3. The minimum atomic E-state index is -4.74. The molecule has 3 nitrogen and oxygen atoms in total. The zero-order valence-electron chi connectivity index (χ0n) is 10.4. The van der Waals surface area contributed by atoms with Crippen LogP contribution in [0.5, 0.6) is 0 Å². The first-order valence-corrected chi connectivity index (χ1v) is 5.74. The molecule has 1 heterocycles. The lowest BCUT2D eigenvalue weighted by Gasteiger charge is -2.11. The topological polar surface area (TPSA) is 51.8 Å². The molecule has 1 aromatic carbocycles. The smallest absolute Gasteiger partial charge is 0.322 e. The Balaban J connectivity index is 2.48. The molecule has 0 saturated carbocycles. The third kappa shape index (κ3) is 2.77. The summed E-state index contributed by atoms with van der Waals surface area (Å²) < 4.78 is 51.8. The summed E-state index contributed by atoms with van der Waals surface area (Å²) in [5, 5.41) is 0. The van der Waals surface area contributed by atoms with Crippen LogP contribution in [-0.4, -0.2) is 9.97 Å². The molecule has 0 spiro atoms. The second-order valence-corrected chi connectivity index (χ2v) is 4.28. The molecule has 1 atom stereocenters. The van der Waals surface area contributed by atoms with Gasteiger partial charge in [-0.1, -0.05) is 12.1 Å². The minimum absolute atomic E-state index is 0.165. The summed E-state index contributed by atoms with van der Waals surface area (Å²) in [6.07, 6.45) is -2.23. The highest BCUT2D eigenvalue weighted by atomic mass is 19.4. The van der Waals surface area contributed by atoms with Crippen molar-refractivity contribution >= 4 is 0 Å². The monoisotopic (exact) mass is 285 g/mol. The van der Waals surface area contributed by atoms with Gasteiger partial charge in [-0.3, -0.25) is 0 Å². The number of rotatable bonds is 2. The number of nitrogens with two attached hydrogens (primary N) is 1. The zero-order chi connectivity index (χ0) is 14.9. The Morgan fingerprint density at radius 1 is 1.15 bits per heavy atom. The van der Waals surface area contributed by atoms with Gasteiger partial charge in [-0.2, -0.15) is 13.2 Å². The highest BCUT2D eigenvalue weighted by Gasteiger charge is 2.34. The maximum absolute atomic E-state index is 13.9. The van der Waals surface area contributed by atoms with Crippen molar-refractivity contribution in [2.45, 2.75) is 19.1 Å². The van der Waals surface area contributed by atoms with E-state index in [0.29, 0.717) is 11.9 Å². The van der Waals surface area contributed by atoms with Crippen molar-refractivity contribution in [1.82, 2.24) is 9.97 Å². The largest absolute Gasteiger partial charge is 0.419 e. The molecule has 0 aliphatic rings. The van der Waals surface area contributed by atoms with E-state index in [-0.39, 0.29) is 11.1 Å². The van der Waals surface area contributed by atoms with E-state index >= 15 is 0 Å². The average molecular weight is 285 g/mol. The maximum atomic E-state index is 13.9. The van der Waals surface area contributed by atoms with Crippen LogP contribution in [0.1, 0.15) is 24.4 Å². The molecule has 0 bridgehead atoms. The van der Waals surface area contributed by atoms with Crippen LogP contribution in [0.3, 0.4) is 0 Å². The highest BCUT2D eigenvalue weighted by Crippen LogP contribution is 2.35. The predicted octanol–water partition coefficient (Wildman–Crippen LogP) is 3.32. The second-order valence-electron chi connectivity index (χ2n) is 4.28. The number of halogens is 4. The lowest BCUT2D eigenvalue weighted by Crippen LogP contribution is -2.10. The number of aromatic nitrogens is 2. The summed E-state index contributed by atoms with van der Waals surface area (Å²) >= 11 is 0. The summed E-state index contributed by atoms with van der Waals surface area (Å²) in [6, 6.07) is 2.67. The van der Waals surface area contributed by atoms with Gasteiger partial charge in [0.2, 0.25) is 0 Å². The molecule has 0 aliphatic carbocycles. The Hall–Kier alpha value is -2.02. The van der Waals surface area contributed by atoms with E-state index in [1.54, 1.807) is 6.92 Å². The Morgan fingerprint density at radius 2 is 1.75 bits per heavy atom. The first-order chi connectivity index (χ1) is 9.30. The van der Waals surface area contributed by atoms with Crippen LogP contribution in [-0.2, 0) is 6.18 Å². The Bertz CT molecular complexity index is 606. The molecule has 1 unspecified atom stereocenters. The lowest BCUT2D eigenvalue weighted by atomic mass is 10.0. The molecule has 1 aromatic heterocycles. The van der Waals surface area contributed by atoms with Crippen LogP contribution in [0.15, 0.2) is 30.6 Å². The molecule has 20 heavy (non-hydrogen) atoms.